The van der Waals surface area contributed by atoms with Crippen molar-refractivity contribution in [3.63, 3.8) is 0 Å². The van der Waals surface area contributed by atoms with Crippen LogP contribution in [0, 0.1) is 0 Å². The molecule has 0 fully saturated rings. The summed E-state index contributed by atoms with van der Waals surface area (Å²) in [5.41, 5.74) is 2.58. The number of benzene rings is 2. The molecule has 9 heteroatoms. The number of thiazole rings is 1. The maximum absolute atomic E-state index is 12.2. The van der Waals surface area contributed by atoms with Crippen LogP contribution in [0.2, 0.25) is 0 Å². The van der Waals surface area contributed by atoms with Crippen molar-refractivity contribution in [2.24, 2.45) is 0 Å². The largest absolute Gasteiger partial charge is 0.411 e. The van der Waals surface area contributed by atoms with Crippen LogP contribution in [0.1, 0.15) is 0 Å². The number of anilines is 1. The van der Waals surface area contributed by atoms with Gasteiger partial charge < -0.3 is 9.73 Å². The van der Waals surface area contributed by atoms with E-state index in [-0.39, 0.29) is 11.7 Å². The molecule has 1 N–H and O–H groups in total. The number of amides is 1. The number of hydrogen-bond acceptors (Lipinski definition) is 8. The van der Waals surface area contributed by atoms with Gasteiger partial charge in [0.25, 0.3) is 5.22 Å². The van der Waals surface area contributed by atoms with Gasteiger partial charge in [-0.1, -0.05) is 41.3 Å². The van der Waals surface area contributed by atoms with Crippen LogP contribution in [0.15, 0.2) is 70.4 Å². The van der Waals surface area contributed by atoms with Crippen molar-refractivity contribution in [2.45, 2.75) is 5.22 Å². The number of carbonyl (C=O) groups excluding carboxylic acids is 1. The highest BCUT2D eigenvalue weighted by atomic mass is 32.2. The number of thioether (sulfide) groups is 1. The van der Waals surface area contributed by atoms with Gasteiger partial charge in [0.15, 0.2) is 5.13 Å². The average molecular weight is 419 g/mol. The van der Waals surface area contributed by atoms with E-state index < -0.39 is 0 Å². The summed E-state index contributed by atoms with van der Waals surface area (Å²) in [6.07, 6.45) is 1.75. The van der Waals surface area contributed by atoms with Crippen LogP contribution in [-0.4, -0.2) is 31.8 Å². The molecular weight excluding hydrogens is 406 g/mol. The number of aromatic nitrogens is 4. The van der Waals surface area contributed by atoms with Gasteiger partial charge in [-0.05, 0) is 36.4 Å². The van der Waals surface area contributed by atoms with E-state index in [1.54, 1.807) is 6.20 Å². The van der Waals surface area contributed by atoms with E-state index in [9.17, 15) is 4.79 Å². The van der Waals surface area contributed by atoms with Crippen molar-refractivity contribution in [3.05, 3.63) is 60.8 Å². The quantitative estimate of drug-likeness (QED) is 0.415. The predicted octanol–water partition coefficient (Wildman–Crippen LogP) is 4.63. The van der Waals surface area contributed by atoms with Crippen molar-refractivity contribution in [3.8, 4) is 11.5 Å². The van der Waals surface area contributed by atoms with Gasteiger partial charge in [0, 0.05) is 17.1 Å². The highest BCUT2D eigenvalue weighted by Gasteiger charge is 2.13. The van der Waals surface area contributed by atoms with Gasteiger partial charge in [-0.3, -0.25) is 9.78 Å². The topological polar surface area (TPSA) is 93.8 Å². The van der Waals surface area contributed by atoms with Crippen molar-refractivity contribution in [1.82, 2.24) is 20.2 Å². The third kappa shape index (κ3) is 3.82. The van der Waals surface area contributed by atoms with Crippen LogP contribution in [0.25, 0.3) is 32.6 Å². The molecule has 29 heavy (non-hydrogen) atoms. The molecule has 0 aliphatic rings. The Kier molecular flexibility index (Phi) is 4.66. The number of rotatable bonds is 5. The van der Waals surface area contributed by atoms with E-state index in [0.717, 1.165) is 26.7 Å². The Labute approximate surface area is 173 Å². The number of carbonyl (C=O) groups is 1. The molecule has 0 bridgehead atoms. The number of fused-ring (bicyclic) bond motifs is 2. The molecule has 0 spiro atoms. The lowest BCUT2D eigenvalue weighted by Gasteiger charge is -1.99. The van der Waals surface area contributed by atoms with Gasteiger partial charge >= 0.3 is 0 Å². The molecule has 0 radical (unpaired) electrons. The third-order valence-electron chi connectivity index (χ3n) is 4.12. The van der Waals surface area contributed by atoms with Crippen molar-refractivity contribution >= 4 is 55.3 Å². The number of hydrogen-bond donors (Lipinski definition) is 1. The molecule has 5 aromatic rings. The molecule has 7 nitrogen and oxygen atoms in total. The predicted molar refractivity (Wildman–Crippen MR) is 114 cm³/mol. The summed E-state index contributed by atoms with van der Waals surface area (Å²) in [6.45, 7) is 0. The SMILES string of the molecule is O=C(CSc1nnc(-c2ccc3ncccc3c2)o1)Nc1nc2ccccc2s1. The molecule has 0 saturated carbocycles. The van der Waals surface area contributed by atoms with Crippen LogP contribution in [0.5, 0.6) is 0 Å². The van der Waals surface area contributed by atoms with Gasteiger partial charge in [-0.15, -0.1) is 10.2 Å². The summed E-state index contributed by atoms with van der Waals surface area (Å²) in [7, 11) is 0. The molecule has 0 unspecified atom stereocenters. The zero-order valence-electron chi connectivity index (χ0n) is 14.9. The summed E-state index contributed by atoms with van der Waals surface area (Å²) in [5, 5.41) is 12.8. The third-order valence-corrected chi connectivity index (χ3v) is 5.89. The zero-order chi connectivity index (χ0) is 19.6. The Morgan fingerprint density at radius 3 is 2.93 bits per heavy atom. The zero-order valence-corrected chi connectivity index (χ0v) is 16.5. The fourth-order valence-corrected chi connectivity index (χ4v) is 4.25. The second-order valence-corrected chi connectivity index (χ2v) is 8.06. The fourth-order valence-electron chi connectivity index (χ4n) is 2.80. The lowest BCUT2D eigenvalue weighted by atomic mass is 10.1. The second-order valence-electron chi connectivity index (χ2n) is 6.11. The Bertz CT molecular complexity index is 1300. The summed E-state index contributed by atoms with van der Waals surface area (Å²) in [5.74, 6) is 0.384. The van der Waals surface area contributed by atoms with E-state index in [0.29, 0.717) is 16.2 Å². The second kappa shape index (κ2) is 7.61. The van der Waals surface area contributed by atoms with Crippen LogP contribution >= 0.6 is 23.1 Å². The van der Waals surface area contributed by atoms with E-state index >= 15 is 0 Å². The number of para-hydroxylation sites is 1. The molecule has 0 atom stereocenters. The van der Waals surface area contributed by atoms with Crippen LogP contribution in [0.3, 0.4) is 0 Å². The monoisotopic (exact) mass is 419 g/mol. The van der Waals surface area contributed by atoms with Crippen molar-refractivity contribution in [1.29, 1.82) is 0 Å². The fraction of sp³-hybridized carbons (Fsp3) is 0.0500. The molecule has 2 aromatic carbocycles. The molecule has 0 aliphatic heterocycles. The normalized spacial score (nSPS) is 11.2. The molecule has 1 amide bonds. The number of nitrogens with one attached hydrogen (secondary N) is 1. The Balaban J connectivity index is 1.24. The first kappa shape index (κ1) is 17.8. The van der Waals surface area contributed by atoms with Gasteiger partial charge in [-0.25, -0.2) is 4.98 Å². The van der Waals surface area contributed by atoms with Crippen molar-refractivity contribution < 1.29 is 9.21 Å². The van der Waals surface area contributed by atoms with Crippen LogP contribution < -0.4 is 5.32 Å². The molecule has 142 valence electrons. The maximum Gasteiger partial charge on any atom is 0.277 e. The summed E-state index contributed by atoms with van der Waals surface area (Å²) in [4.78, 5) is 20.9. The van der Waals surface area contributed by atoms with Gasteiger partial charge in [-0.2, -0.15) is 0 Å². The van der Waals surface area contributed by atoms with Gasteiger partial charge in [0.2, 0.25) is 11.8 Å². The summed E-state index contributed by atoms with van der Waals surface area (Å²) >= 11 is 2.63. The first-order valence-electron chi connectivity index (χ1n) is 8.71. The molecule has 3 heterocycles. The lowest BCUT2D eigenvalue weighted by molar-refractivity contribution is -0.113. The highest BCUT2D eigenvalue weighted by molar-refractivity contribution is 7.99. The molecule has 0 saturated heterocycles. The Hall–Kier alpha value is -3.30. The molecular formula is C20H13N5O2S2. The molecule has 5 rings (SSSR count). The Morgan fingerprint density at radius 2 is 2.00 bits per heavy atom. The van der Waals surface area contributed by atoms with E-state index in [1.165, 1.54) is 23.1 Å². The highest BCUT2D eigenvalue weighted by Crippen LogP contribution is 2.27. The smallest absolute Gasteiger partial charge is 0.277 e. The summed E-state index contributed by atoms with van der Waals surface area (Å²) < 4.78 is 6.72. The van der Waals surface area contributed by atoms with Gasteiger partial charge in [0.05, 0.1) is 21.5 Å². The Morgan fingerprint density at radius 1 is 1.07 bits per heavy atom. The minimum absolute atomic E-state index is 0.152. The first-order valence-corrected chi connectivity index (χ1v) is 10.5. The lowest BCUT2D eigenvalue weighted by Crippen LogP contribution is -2.13. The van der Waals surface area contributed by atoms with Crippen LogP contribution in [0.4, 0.5) is 5.13 Å². The van der Waals surface area contributed by atoms with E-state index in [2.05, 4.69) is 25.5 Å². The van der Waals surface area contributed by atoms with Crippen LogP contribution in [-0.2, 0) is 4.79 Å². The van der Waals surface area contributed by atoms with E-state index in [1.807, 2.05) is 54.6 Å². The average Bonchev–Trinajstić information content (AvgIpc) is 3.38. The molecule has 3 aromatic heterocycles. The van der Waals surface area contributed by atoms with Crippen molar-refractivity contribution in [2.75, 3.05) is 11.1 Å². The molecule has 0 aliphatic carbocycles. The number of nitrogens with zero attached hydrogens (tertiary/aromatic N) is 4. The minimum atomic E-state index is -0.175. The van der Waals surface area contributed by atoms with Gasteiger partial charge in [0.1, 0.15) is 0 Å². The summed E-state index contributed by atoms with van der Waals surface area (Å²) in [6, 6.07) is 17.4. The first-order chi connectivity index (χ1) is 14.2. The number of pyridine rings is 1. The minimum Gasteiger partial charge on any atom is -0.411 e. The standard InChI is InChI=1S/C20H13N5O2S2/c26-17(23-19-22-15-5-1-2-6-16(15)29-19)11-28-20-25-24-18(27-20)13-7-8-14-12(10-13)4-3-9-21-14/h1-10H,11H2,(H,22,23,26). The van der Waals surface area contributed by atoms with E-state index in [4.69, 9.17) is 4.42 Å². The maximum atomic E-state index is 12.2.